The quantitative estimate of drug-likeness (QED) is 0.518. The van der Waals surface area contributed by atoms with Gasteiger partial charge in [0.05, 0.1) is 24.0 Å². The Morgan fingerprint density at radius 1 is 1.27 bits per heavy atom. The second-order valence-electron chi connectivity index (χ2n) is 6.10. The molecule has 0 amide bonds. The standard InChI is InChI=1S/C21H20BrN3O/c1-2-4-20(25-10-9-24-15-25)19-12-16(13-23)7-8-21(19)26-14-17-5-3-6-18(22)11-17/h3,5-12,15,20H,2,4,14H2,1H3. The fraction of sp³-hybridized carbons (Fsp3) is 0.238. The number of aromatic nitrogens is 2. The molecule has 0 fully saturated rings. The van der Waals surface area contributed by atoms with Crippen molar-refractivity contribution in [2.24, 2.45) is 0 Å². The van der Waals surface area contributed by atoms with Gasteiger partial charge in [0.25, 0.3) is 0 Å². The van der Waals surface area contributed by atoms with Crippen molar-refractivity contribution in [3.05, 3.63) is 82.3 Å². The van der Waals surface area contributed by atoms with Crippen LogP contribution in [0, 0.1) is 11.3 Å². The third kappa shape index (κ3) is 4.33. The minimum Gasteiger partial charge on any atom is -0.489 e. The van der Waals surface area contributed by atoms with Crippen LogP contribution in [0.2, 0.25) is 0 Å². The lowest BCUT2D eigenvalue weighted by molar-refractivity contribution is 0.298. The van der Waals surface area contributed by atoms with Crippen LogP contribution in [0.5, 0.6) is 5.75 Å². The molecule has 26 heavy (non-hydrogen) atoms. The highest BCUT2D eigenvalue weighted by molar-refractivity contribution is 9.10. The molecule has 3 rings (SSSR count). The Labute approximate surface area is 162 Å². The van der Waals surface area contributed by atoms with Gasteiger partial charge in [-0.05, 0) is 42.3 Å². The number of nitriles is 1. The van der Waals surface area contributed by atoms with E-state index in [1.54, 1.807) is 12.3 Å². The summed E-state index contributed by atoms with van der Waals surface area (Å²) in [4.78, 5) is 4.18. The third-order valence-electron chi connectivity index (χ3n) is 4.23. The number of rotatable bonds is 7. The number of hydrogen-bond donors (Lipinski definition) is 0. The summed E-state index contributed by atoms with van der Waals surface area (Å²) in [6.45, 7) is 2.63. The average Bonchev–Trinajstić information content (AvgIpc) is 3.19. The van der Waals surface area contributed by atoms with Crippen molar-refractivity contribution < 1.29 is 4.74 Å². The average molecular weight is 410 g/mol. The first-order valence-electron chi connectivity index (χ1n) is 8.60. The van der Waals surface area contributed by atoms with E-state index >= 15 is 0 Å². The highest BCUT2D eigenvalue weighted by Gasteiger charge is 2.18. The van der Waals surface area contributed by atoms with E-state index in [2.05, 4.69) is 38.5 Å². The lowest BCUT2D eigenvalue weighted by Gasteiger charge is -2.22. The Morgan fingerprint density at radius 3 is 2.85 bits per heavy atom. The van der Waals surface area contributed by atoms with Crippen LogP contribution >= 0.6 is 15.9 Å². The predicted molar refractivity (Wildman–Crippen MR) is 105 cm³/mol. The van der Waals surface area contributed by atoms with Crippen LogP contribution in [-0.2, 0) is 6.61 Å². The largest absolute Gasteiger partial charge is 0.489 e. The van der Waals surface area contributed by atoms with Gasteiger partial charge in [0.15, 0.2) is 0 Å². The molecule has 1 aromatic heterocycles. The monoisotopic (exact) mass is 409 g/mol. The van der Waals surface area contributed by atoms with Gasteiger partial charge in [-0.3, -0.25) is 0 Å². The van der Waals surface area contributed by atoms with Gasteiger partial charge in [-0.25, -0.2) is 4.98 Å². The van der Waals surface area contributed by atoms with Gasteiger partial charge in [-0.1, -0.05) is 41.4 Å². The van der Waals surface area contributed by atoms with E-state index in [-0.39, 0.29) is 6.04 Å². The Hall–Kier alpha value is -2.58. The zero-order valence-electron chi connectivity index (χ0n) is 14.6. The molecule has 0 aliphatic rings. The van der Waals surface area contributed by atoms with Crippen LogP contribution in [0.4, 0.5) is 0 Å². The Bertz CT molecular complexity index is 900. The highest BCUT2D eigenvalue weighted by atomic mass is 79.9. The molecule has 5 heteroatoms. The smallest absolute Gasteiger partial charge is 0.125 e. The van der Waals surface area contributed by atoms with Crippen LogP contribution < -0.4 is 4.74 Å². The van der Waals surface area contributed by atoms with Crippen LogP contribution in [0.1, 0.15) is 42.5 Å². The molecule has 1 unspecified atom stereocenters. The first-order valence-corrected chi connectivity index (χ1v) is 9.39. The molecular weight excluding hydrogens is 390 g/mol. The summed E-state index contributed by atoms with van der Waals surface area (Å²) < 4.78 is 9.24. The Balaban J connectivity index is 1.93. The van der Waals surface area contributed by atoms with Crippen molar-refractivity contribution in [1.82, 2.24) is 9.55 Å². The zero-order chi connectivity index (χ0) is 18.4. The summed E-state index contributed by atoms with van der Waals surface area (Å²) in [7, 11) is 0. The van der Waals surface area contributed by atoms with Crippen molar-refractivity contribution in [1.29, 1.82) is 5.26 Å². The molecule has 3 aromatic rings. The van der Waals surface area contributed by atoms with Crippen molar-refractivity contribution in [2.75, 3.05) is 0 Å². The van der Waals surface area contributed by atoms with Gasteiger partial charge < -0.3 is 9.30 Å². The Morgan fingerprint density at radius 2 is 2.15 bits per heavy atom. The van der Waals surface area contributed by atoms with Gasteiger partial charge in [-0.2, -0.15) is 5.26 Å². The van der Waals surface area contributed by atoms with Gasteiger partial charge in [0.1, 0.15) is 12.4 Å². The molecule has 4 nitrogen and oxygen atoms in total. The van der Waals surface area contributed by atoms with E-state index in [9.17, 15) is 5.26 Å². The van der Waals surface area contributed by atoms with E-state index < -0.39 is 0 Å². The lowest BCUT2D eigenvalue weighted by atomic mass is 9.99. The minimum atomic E-state index is 0.0910. The SMILES string of the molecule is CCCC(c1cc(C#N)ccc1OCc1cccc(Br)c1)n1ccnc1. The van der Waals surface area contributed by atoms with E-state index in [0.717, 1.165) is 34.2 Å². The molecule has 0 aliphatic carbocycles. The predicted octanol–water partition coefficient (Wildman–Crippen LogP) is 5.49. The number of nitrogens with zero attached hydrogens (tertiary/aromatic N) is 3. The molecule has 0 N–H and O–H groups in total. The molecular formula is C21H20BrN3O. The number of benzene rings is 2. The van der Waals surface area contributed by atoms with Crippen molar-refractivity contribution >= 4 is 15.9 Å². The maximum Gasteiger partial charge on any atom is 0.125 e. The third-order valence-corrected chi connectivity index (χ3v) is 4.72. The molecule has 0 radical (unpaired) electrons. The van der Waals surface area contributed by atoms with Gasteiger partial charge >= 0.3 is 0 Å². The molecule has 0 bridgehead atoms. The summed E-state index contributed by atoms with van der Waals surface area (Å²) >= 11 is 3.49. The van der Waals surface area contributed by atoms with E-state index in [1.807, 2.05) is 48.9 Å². The maximum atomic E-state index is 9.32. The summed E-state index contributed by atoms with van der Waals surface area (Å²) in [6.07, 6.45) is 7.51. The van der Waals surface area contributed by atoms with E-state index in [1.165, 1.54) is 0 Å². The summed E-state index contributed by atoms with van der Waals surface area (Å²) in [5, 5.41) is 9.32. The maximum absolute atomic E-state index is 9.32. The molecule has 1 atom stereocenters. The molecule has 132 valence electrons. The normalized spacial score (nSPS) is 11.7. The van der Waals surface area contributed by atoms with Gasteiger partial charge in [0, 0.05) is 22.4 Å². The zero-order valence-corrected chi connectivity index (χ0v) is 16.2. The Kier molecular flexibility index (Phi) is 6.08. The first kappa shape index (κ1) is 18.2. The van der Waals surface area contributed by atoms with Crippen molar-refractivity contribution in [2.45, 2.75) is 32.4 Å². The summed E-state index contributed by atoms with van der Waals surface area (Å²) in [5.41, 5.74) is 2.74. The molecule has 0 saturated carbocycles. The molecule has 0 spiro atoms. The molecule has 0 aliphatic heterocycles. The van der Waals surface area contributed by atoms with E-state index in [0.29, 0.717) is 12.2 Å². The fourth-order valence-electron chi connectivity index (χ4n) is 2.99. The topological polar surface area (TPSA) is 50.8 Å². The van der Waals surface area contributed by atoms with E-state index in [4.69, 9.17) is 4.74 Å². The summed E-state index contributed by atoms with van der Waals surface area (Å²) in [6, 6.07) is 16.0. The van der Waals surface area contributed by atoms with Crippen molar-refractivity contribution in [3.8, 4) is 11.8 Å². The fourth-order valence-corrected chi connectivity index (χ4v) is 3.44. The lowest BCUT2D eigenvalue weighted by Crippen LogP contribution is -2.11. The van der Waals surface area contributed by atoms with Crippen LogP contribution in [0.25, 0.3) is 0 Å². The number of imidazole rings is 1. The first-order chi connectivity index (χ1) is 12.7. The second kappa shape index (κ2) is 8.68. The second-order valence-corrected chi connectivity index (χ2v) is 7.01. The van der Waals surface area contributed by atoms with Crippen LogP contribution in [0.15, 0.2) is 65.7 Å². The summed E-state index contributed by atoms with van der Waals surface area (Å²) in [5.74, 6) is 0.802. The van der Waals surface area contributed by atoms with Crippen LogP contribution in [-0.4, -0.2) is 9.55 Å². The molecule has 0 saturated heterocycles. The number of halogens is 1. The van der Waals surface area contributed by atoms with Gasteiger partial charge in [0.2, 0.25) is 0 Å². The number of hydrogen-bond acceptors (Lipinski definition) is 3. The van der Waals surface area contributed by atoms with Gasteiger partial charge in [-0.15, -0.1) is 0 Å². The molecule has 2 aromatic carbocycles. The number of ether oxygens (including phenoxy) is 1. The van der Waals surface area contributed by atoms with Crippen molar-refractivity contribution in [3.63, 3.8) is 0 Å². The molecule has 1 heterocycles. The highest BCUT2D eigenvalue weighted by Crippen LogP contribution is 2.33. The minimum absolute atomic E-state index is 0.0910. The van der Waals surface area contributed by atoms with Crippen LogP contribution in [0.3, 0.4) is 0 Å².